The molecule has 1 aromatic heterocycles. The average Bonchev–Trinajstić information content (AvgIpc) is 2.83. The van der Waals surface area contributed by atoms with Gasteiger partial charge in [0.25, 0.3) is 0 Å². The quantitative estimate of drug-likeness (QED) is 0.855. The minimum Gasteiger partial charge on any atom is -0.481 e. The zero-order valence-corrected chi connectivity index (χ0v) is 11.4. The predicted octanol–water partition coefficient (Wildman–Crippen LogP) is 1.37. The minimum absolute atomic E-state index is 0.497. The molecule has 0 saturated carbocycles. The van der Waals surface area contributed by atoms with Crippen LogP contribution in [0.25, 0.3) is 0 Å². The van der Waals surface area contributed by atoms with Crippen molar-refractivity contribution in [2.24, 2.45) is 0 Å². The van der Waals surface area contributed by atoms with Crippen molar-refractivity contribution >= 4 is 5.95 Å². The Morgan fingerprint density at radius 3 is 3.06 bits per heavy atom. The van der Waals surface area contributed by atoms with Crippen LogP contribution >= 0.6 is 0 Å². The number of anilines is 1. The van der Waals surface area contributed by atoms with E-state index in [9.17, 15) is 0 Å². The highest BCUT2D eigenvalue weighted by atomic mass is 16.5. The van der Waals surface area contributed by atoms with Gasteiger partial charge in [-0.15, -0.1) is 0 Å². The van der Waals surface area contributed by atoms with Crippen molar-refractivity contribution in [2.45, 2.75) is 32.7 Å². The van der Waals surface area contributed by atoms with E-state index >= 15 is 0 Å². The van der Waals surface area contributed by atoms with Gasteiger partial charge in [-0.05, 0) is 26.3 Å². The summed E-state index contributed by atoms with van der Waals surface area (Å²) in [6.45, 7) is 7.13. The van der Waals surface area contributed by atoms with E-state index in [1.165, 1.54) is 12.8 Å². The molecule has 1 N–H and O–H groups in total. The number of methoxy groups -OCH3 is 1. The van der Waals surface area contributed by atoms with Crippen molar-refractivity contribution in [1.29, 1.82) is 0 Å². The molecule has 2 heterocycles. The normalized spacial score (nSPS) is 19.3. The van der Waals surface area contributed by atoms with Gasteiger partial charge < -0.3 is 15.0 Å². The lowest BCUT2D eigenvalue weighted by atomic mass is 10.2. The van der Waals surface area contributed by atoms with Gasteiger partial charge in [0, 0.05) is 30.9 Å². The minimum atomic E-state index is 0.497. The Morgan fingerprint density at radius 2 is 2.33 bits per heavy atom. The molecule has 0 spiro atoms. The van der Waals surface area contributed by atoms with Gasteiger partial charge >= 0.3 is 0 Å². The molecular weight excluding hydrogens is 228 g/mol. The summed E-state index contributed by atoms with van der Waals surface area (Å²) in [7, 11) is 1.64. The SMILES string of the molecule is CCNCC1CCCN1c1nc(C)cc(OC)n1. The molecule has 2 rings (SSSR count). The van der Waals surface area contributed by atoms with Gasteiger partial charge in [-0.3, -0.25) is 0 Å². The standard InChI is InChI=1S/C13H22N4O/c1-4-14-9-11-6-5-7-17(11)13-15-10(2)8-12(16-13)18-3/h8,11,14H,4-7,9H2,1-3H3. The third-order valence-corrected chi connectivity index (χ3v) is 3.29. The van der Waals surface area contributed by atoms with Crippen LogP contribution in [0, 0.1) is 6.92 Å². The smallest absolute Gasteiger partial charge is 0.229 e. The molecule has 0 aromatic carbocycles. The Kier molecular flexibility index (Phi) is 4.36. The number of nitrogens with zero attached hydrogens (tertiary/aromatic N) is 3. The number of hydrogen-bond acceptors (Lipinski definition) is 5. The van der Waals surface area contributed by atoms with Gasteiger partial charge in [-0.2, -0.15) is 4.98 Å². The molecule has 0 radical (unpaired) electrons. The van der Waals surface area contributed by atoms with E-state index in [1.54, 1.807) is 7.11 Å². The maximum absolute atomic E-state index is 5.22. The lowest BCUT2D eigenvalue weighted by Crippen LogP contribution is -2.39. The van der Waals surface area contributed by atoms with E-state index < -0.39 is 0 Å². The first-order valence-electron chi connectivity index (χ1n) is 6.61. The Hall–Kier alpha value is -1.36. The second kappa shape index (κ2) is 6.00. The molecule has 1 aliphatic rings. The van der Waals surface area contributed by atoms with E-state index in [4.69, 9.17) is 4.74 Å². The van der Waals surface area contributed by atoms with Crippen LogP contribution in [0.5, 0.6) is 5.88 Å². The topological polar surface area (TPSA) is 50.3 Å². The number of aromatic nitrogens is 2. The summed E-state index contributed by atoms with van der Waals surface area (Å²) in [4.78, 5) is 11.3. The van der Waals surface area contributed by atoms with Crippen molar-refractivity contribution in [2.75, 3.05) is 31.6 Å². The lowest BCUT2D eigenvalue weighted by molar-refractivity contribution is 0.396. The first kappa shape index (κ1) is 13.1. The number of rotatable bonds is 5. The Labute approximate surface area is 109 Å². The monoisotopic (exact) mass is 250 g/mol. The van der Waals surface area contributed by atoms with Crippen LogP contribution in [-0.2, 0) is 0 Å². The third kappa shape index (κ3) is 2.90. The number of aryl methyl sites for hydroxylation is 1. The molecule has 1 aromatic rings. The molecule has 0 bridgehead atoms. The number of nitrogens with one attached hydrogen (secondary N) is 1. The largest absolute Gasteiger partial charge is 0.481 e. The third-order valence-electron chi connectivity index (χ3n) is 3.29. The molecule has 5 nitrogen and oxygen atoms in total. The molecule has 1 fully saturated rings. The Morgan fingerprint density at radius 1 is 1.50 bits per heavy atom. The molecule has 1 atom stereocenters. The molecule has 0 amide bonds. The van der Waals surface area contributed by atoms with Crippen molar-refractivity contribution in [3.63, 3.8) is 0 Å². The zero-order valence-electron chi connectivity index (χ0n) is 11.4. The van der Waals surface area contributed by atoms with E-state index in [-0.39, 0.29) is 0 Å². The average molecular weight is 250 g/mol. The van der Waals surface area contributed by atoms with Crippen LogP contribution in [0.3, 0.4) is 0 Å². The van der Waals surface area contributed by atoms with Crippen molar-refractivity contribution in [3.05, 3.63) is 11.8 Å². The van der Waals surface area contributed by atoms with E-state index in [0.717, 1.165) is 31.3 Å². The summed E-state index contributed by atoms with van der Waals surface area (Å²) >= 11 is 0. The molecule has 0 aliphatic carbocycles. The Balaban J connectivity index is 2.16. The summed E-state index contributed by atoms with van der Waals surface area (Å²) in [5.74, 6) is 1.44. The second-order valence-corrected chi connectivity index (χ2v) is 4.65. The molecule has 1 saturated heterocycles. The first-order valence-corrected chi connectivity index (χ1v) is 6.61. The predicted molar refractivity (Wildman–Crippen MR) is 72.2 cm³/mol. The summed E-state index contributed by atoms with van der Waals surface area (Å²) in [5, 5.41) is 3.40. The van der Waals surface area contributed by atoms with Crippen molar-refractivity contribution in [3.8, 4) is 5.88 Å². The van der Waals surface area contributed by atoms with Crippen molar-refractivity contribution < 1.29 is 4.74 Å². The fraction of sp³-hybridized carbons (Fsp3) is 0.692. The van der Waals surface area contributed by atoms with Crippen LogP contribution in [-0.4, -0.2) is 42.8 Å². The van der Waals surface area contributed by atoms with E-state index in [1.807, 2.05) is 13.0 Å². The van der Waals surface area contributed by atoms with Gasteiger partial charge in [0.05, 0.1) is 7.11 Å². The van der Waals surface area contributed by atoms with Crippen LogP contribution in [0.4, 0.5) is 5.95 Å². The highest BCUT2D eigenvalue weighted by molar-refractivity contribution is 5.37. The van der Waals surface area contributed by atoms with E-state index in [0.29, 0.717) is 11.9 Å². The maximum Gasteiger partial charge on any atom is 0.229 e. The number of likely N-dealkylation sites (N-methyl/N-ethyl adjacent to an activating group) is 1. The van der Waals surface area contributed by atoms with E-state index in [2.05, 4.69) is 27.1 Å². The summed E-state index contributed by atoms with van der Waals surface area (Å²) < 4.78 is 5.22. The van der Waals surface area contributed by atoms with Crippen molar-refractivity contribution in [1.82, 2.24) is 15.3 Å². The van der Waals surface area contributed by atoms with Gasteiger partial charge in [0.1, 0.15) is 0 Å². The molecule has 1 unspecified atom stereocenters. The van der Waals surface area contributed by atoms with Gasteiger partial charge in [-0.25, -0.2) is 4.98 Å². The number of ether oxygens (including phenoxy) is 1. The summed E-state index contributed by atoms with van der Waals surface area (Å²) in [6, 6.07) is 2.36. The van der Waals surface area contributed by atoms with Gasteiger partial charge in [-0.1, -0.05) is 6.92 Å². The van der Waals surface area contributed by atoms with Crippen LogP contribution < -0.4 is 15.0 Å². The highest BCUT2D eigenvalue weighted by Crippen LogP contribution is 2.24. The molecule has 100 valence electrons. The first-order chi connectivity index (χ1) is 8.74. The van der Waals surface area contributed by atoms with Crippen LogP contribution in [0.1, 0.15) is 25.5 Å². The fourth-order valence-electron chi connectivity index (χ4n) is 2.38. The second-order valence-electron chi connectivity index (χ2n) is 4.65. The molecular formula is C13H22N4O. The summed E-state index contributed by atoms with van der Waals surface area (Å²) in [6.07, 6.45) is 2.41. The zero-order chi connectivity index (χ0) is 13.0. The van der Waals surface area contributed by atoms with Crippen LogP contribution in [0.2, 0.25) is 0 Å². The lowest BCUT2D eigenvalue weighted by Gasteiger charge is -2.25. The highest BCUT2D eigenvalue weighted by Gasteiger charge is 2.26. The van der Waals surface area contributed by atoms with Gasteiger partial charge in [0.2, 0.25) is 11.8 Å². The number of hydrogen-bond donors (Lipinski definition) is 1. The molecule has 5 heteroatoms. The fourth-order valence-corrected chi connectivity index (χ4v) is 2.38. The molecule has 1 aliphatic heterocycles. The van der Waals surface area contributed by atoms with Gasteiger partial charge in [0.15, 0.2) is 0 Å². The summed E-state index contributed by atoms with van der Waals surface area (Å²) in [5.41, 5.74) is 0.950. The molecule has 18 heavy (non-hydrogen) atoms. The Bertz CT molecular complexity index is 397. The maximum atomic E-state index is 5.22. The van der Waals surface area contributed by atoms with Crippen LogP contribution in [0.15, 0.2) is 6.07 Å².